The van der Waals surface area contributed by atoms with Gasteiger partial charge >= 0.3 is 0 Å². The second kappa shape index (κ2) is 7.00. The molecule has 0 aliphatic heterocycles. The molecule has 2 nitrogen and oxygen atoms in total. The van der Waals surface area contributed by atoms with E-state index < -0.39 is 0 Å². The van der Waals surface area contributed by atoms with Crippen LogP contribution in [-0.4, -0.2) is 17.1 Å². The molecule has 2 rings (SSSR count). The Morgan fingerprint density at radius 1 is 1.29 bits per heavy atom. The largest absolute Gasteiger partial charge is 0.348 e. The molecule has 0 aliphatic carbocycles. The van der Waals surface area contributed by atoms with Crippen LogP contribution in [0.25, 0.3) is 0 Å². The number of hydrogen-bond donors (Lipinski definition) is 1. The summed E-state index contributed by atoms with van der Waals surface area (Å²) in [4.78, 5) is 1.91. The van der Waals surface area contributed by atoms with Crippen molar-refractivity contribution in [2.75, 3.05) is 12.4 Å². The van der Waals surface area contributed by atoms with Crippen LogP contribution in [0.1, 0.15) is 11.1 Å². The predicted molar refractivity (Wildman–Crippen MR) is 93.0 cm³/mol. The van der Waals surface area contributed by atoms with E-state index in [2.05, 4.69) is 21.2 Å². The van der Waals surface area contributed by atoms with Crippen LogP contribution in [0.3, 0.4) is 0 Å². The molecule has 2 aromatic rings. The summed E-state index contributed by atoms with van der Waals surface area (Å²) in [5, 5.41) is 3.60. The zero-order valence-electron chi connectivity index (χ0n) is 11.9. The van der Waals surface area contributed by atoms with E-state index in [9.17, 15) is 4.39 Å². The Bertz CT molecular complexity index is 660. The molecule has 1 N–H and O–H groups in total. The Hall–Kier alpha value is -1.46. The maximum atomic E-state index is 13.5. The second-order valence-electron chi connectivity index (χ2n) is 4.84. The fraction of sp³-hybridized carbons (Fsp3) is 0.188. The van der Waals surface area contributed by atoms with Crippen LogP contribution >= 0.6 is 28.1 Å². The topological polar surface area (TPSA) is 15.3 Å². The summed E-state index contributed by atoms with van der Waals surface area (Å²) in [5.74, 6) is -0.240. The van der Waals surface area contributed by atoms with Gasteiger partial charge in [-0.3, -0.25) is 0 Å². The molecular formula is C16H16BrFN2S. The van der Waals surface area contributed by atoms with Crippen molar-refractivity contribution in [2.24, 2.45) is 0 Å². The van der Waals surface area contributed by atoms with Gasteiger partial charge in [0.25, 0.3) is 0 Å². The minimum Gasteiger partial charge on any atom is -0.348 e. The monoisotopic (exact) mass is 366 g/mol. The summed E-state index contributed by atoms with van der Waals surface area (Å²) in [5.41, 5.74) is 2.41. The molecule has 0 fully saturated rings. The number of halogens is 2. The van der Waals surface area contributed by atoms with Gasteiger partial charge in [-0.1, -0.05) is 40.2 Å². The highest BCUT2D eigenvalue weighted by Gasteiger charge is 2.08. The molecular weight excluding hydrogens is 351 g/mol. The molecule has 110 valence electrons. The van der Waals surface area contributed by atoms with Gasteiger partial charge in [0.2, 0.25) is 0 Å². The van der Waals surface area contributed by atoms with Crippen LogP contribution in [0, 0.1) is 12.7 Å². The minimum absolute atomic E-state index is 0.240. The van der Waals surface area contributed by atoms with E-state index >= 15 is 0 Å². The number of hydrogen-bond acceptors (Lipinski definition) is 1. The van der Waals surface area contributed by atoms with Crippen LogP contribution in [0.15, 0.2) is 46.9 Å². The summed E-state index contributed by atoms with van der Waals surface area (Å²) in [6.07, 6.45) is 0. The number of benzene rings is 2. The van der Waals surface area contributed by atoms with E-state index in [0.29, 0.717) is 22.9 Å². The van der Waals surface area contributed by atoms with E-state index in [1.165, 1.54) is 6.07 Å². The van der Waals surface area contributed by atoms with E-state index in [-0.39, 0.29) is 5.82 Å². The van der Waals surface area contributed by atoms with Gasteiger partial charge in [0.15, 0.2) is 5.11 Å². The van der Waals surface area contributed by atoms with Crippen molar-refractivity contribution in [3.8, 4) is 0 Å². The Morgan fingerprint density at radius 3 is 2.67 bits per heavy atom. The van der Waals surface area contributed by atoms with Crippen molar-refractivity contribution in [3.05, 3.63) is 63.9 Å². The van der Waals surface area contributed by atoms with Crippen LogP contribution < -0.4 is 5.32 Å². The van der Waals surface area contributed by atoms with Crippen molar-refractivity contribution in [2.45, 2.75) is 13.5 Å². The molecule has 0 heterocycles. The summed E-state index contributed by atoms with van der Waals surface area (Å²) >= 11 is 8.87. The SMILES string of the molecule is Cc1ccc(NC(=S)N(C)Cc2ccccc2Br)cc1F. The first kappa shape index (κ1) is 15.9. The van der Waals surface area contributed by atoms with Crippen molar-refractivity contribution in [3.63, 3.8) is 0 Å². The van der Waals surface area contributed by atoms with Crippen LogP contribution in [-0.2, 0) is 6.54 Å². The van der Waals surface area contributed by atoms with Crippen molar-refractivity contribution < 1.29 is 4.39 Å². The molecule has 0 saturated carbocycles. The molecule has 0 bridgehead atoms. The molecule has 0 aromatic heterocycles. The van der Waals surface area contributed by atoms with E-state index in [4.69, 9.17) is 12.2 Å². The number of thiocarbonyl (C=S) groups is 1. The first-order valence-corrected chi connectivity index (χ1v) is 7.69. The summed E-state index contributed by atoms with van der Waals surface area (Å²) in [7, 11) is 1.90. The fourth-order valence-electron chi connectivity index (χ4n) is 1.84. The van der Waals surface area contributed by atoms with Gasteiger partial charge in [-0.25, -0.2) is 4.39 Å². The highest BCUT2D eigenvalue weighted by molar-refractivity contribution is 9.10. The zero-order valence-corrected chi connectivity index (χ0v) is 14.3. The zero-order chi connectivity index (χ0) is 15.4. The molecule has 0 aliphatic rings. The fourth-order valence-corrected chi connectivity index (χ4v) is 2.44. The number of nitrogens with one attached hydrogen (secondary N) is 1. The number of aryl methyl sites for hydroxylation is 1. The Kier molecular flexibility index (Phi) is 5.31. The lowest BCUT2D eigenvalue weighted by atomic mass is 10.2. The van der Waals surface area contributed by atoms with Gasteiger partial charge in [-0.2, -0.15) is 0 Å². The first-order valence-electron chi connectivity index (χ1n) is 6.49. The normalized spacial score (nSPS) is 10.3. The van der Waals surface area contributed by atoms with Gasteiger partial charge < -0.3 is 10.2 Å². The molecule has 5 heteroatoms. The van der Waals surface area contributed by atoms with Crippen molar-refractivity contribution in [1.29, 1.82) is 0 Å². The average molecular weight is 367 g/mol. The average Bonchev–Trinajstić information content (AvgIpc) is 2.45. The summed E-state index contributed by atoms with van der Waals surface area (Å²) in [6, 6.07) is 13.0. The maximum Gasteiger partial charge on any atom is 0.173 e. The van der Waals surface area contributed by atoms with Gasteiger partial charge in [-0.05, 0) is 48.5 Å². The standard InChI is InChI=1S/C16H16BrFN2S/c1-11-7-8-13(9-15(11)18)19-16(21)20(2)10-12-5-3-4-6-14(12)17/h3-9H,10H2,1-2H3,(H,19,21). The minimum atomic E-state index is -0.240. The van der Waals surface area contributed by atoms with E-state index in [1.54, 1.807) is 13.0 Å². The van der Waals surface area contributed by atoms with Crippen LogP contribution in [0.5, 0.6) is 0 Å². The molecule has 0 saturated heterocycles. The second-order valence-corrected chi connectivity index (χ2v) is 6.08. The van der Waals surface area contributed by atoms with Gasteiger partial charge in [0.05, 0.1) is 0 Å². The molecule has 2 aromatic carbocycles. The number of nitrogens with zero attached hydrogens (tertiary/aromatic N) is 1. The Labute approximate surface area is 138 Å². The van der Waals surface area contributed by atoms with Crippen LogP contribution in [0.4, 0.5) is 10.1 Å². The molecule has 21 heavy (non-hydrogen) atoms. The van der Waals surface area contributed by atoms with E-state index in [1.807, 2.05) is 42.3 Å². The lowest BCUT2D eigenvalue weighted by Gasteiger charge is -2.22. The third-order valence-corrected chi connectivity index (χ3v) is 4.32. The highest BCUT2D eigenvalue weighted by atomic mass is 79.9. The van der Waals surface area contributed by atoms with E-state index in [0.717, 1.165) is 10.0 Å². The third kappa shape index (κ3) is 4.25. The quantitative estimate of drug-likeness (QED) is 0.790. The number of anilines is 1. The van der Waals surface area contributed by atoms with Crippen molar-refractivity contribution >= 4 is 38.9 Å². The highest BCUT2D eigenvalue weighted by Crippen LogP contribution is 2.18. The third-order valence-electron chi connectivity index (χ3n) is 3.14. The first-order chi connectivity index (χ1) is 9.97. The van der Waals surface area contributed by atoms with Gasteiger partial charge in [-0.15, -0.1) is 0 Å². The predicted octanol–water partition coefficient (Wildman–Crippen LogP) is 4.73. The molecule has 0 unspecified atom stereocenters. The van der Waals surface area contributed by atoms with Gasteiger partial charge in [0.1, 0.15) is 5.82 Å². The molecule has 0 atom stereocenters. The summed E-state index contributed by atoms with van der Waals surface area (Å²) in [6.45, 7) is 2.40. The Balaban J connectivity index is 2.02. The molecule has 0 spiro atoms. The summed E-state index contributed by atoms with van der Waals surface area (Å²) < 4.78 is 14.6. The lowest BCUT2D eigenvalue weighted by Crippen LogP contribution is -2.30. The van der Waals surface area contributed by atoms with Gasteiger partial charge in [0, 0.05) is 23.8 Å². The number of rotatable bonds is 3. The Morgan fingerprint density at radius 2 is 2.00 bits per heavy atom. The van der Waals surface area contributed by atoms with Crippen LogP contribution in [0.2, 0.25) is 0 Å². The maximum absolute atomic E-state index is 13.5. The molecule has 0 amide bonds. The molecule has 0 radical (unpaired) electrons. The van der Waals surface area contributed by atoms with Crippen molar-refractivity contribution in [1.82, 2.24) is 4.90 Å². The lowest BCUT2D eigenvalue weighted by molar-refractivity contribution is 0.507. The smallest absolute Gasteiger partial charge is 0.173 e.